The van der Waals surface area contributed by atoms with Crippen LogP contribution < -0.4 is 4.74 Å². The van der Waals surface area contributed by atoms with Gasteiger partial charge in [0.05, 0.1) is 13.2 Å². The van der Waals surface area contributed by atoms with Gasteiger partial charge in [0.2, 0.25) is 5.88 Å². The first-order valence-electron chi connectivity index (χ1n) is 7.43. The summed E-state index contributed by atoms with van der Waals surface area (Å²) in [4.78, 5) is 6.20. The van der Waals surface area contributed by atoms with E-state index in [1.54, 1.807) is 25.4 Å². The summed E-state index contributed by atoms with van der Waals surface area (Å²) in [6, 6.07) is 7.43. The number of β-amino-alcohol motifs (C(OH)–C–C–N with tert-alkyl or cyclic N) is 1. The fraction of sp³-hybridized carbons (Fsp3) is 0.353. The molecular formula is C17H18F2N2O2. The van der Waals surface area contributed by atoms with Gasteiger partial charge in [-0.25, -0.2) is 13.8 Å². The highest BCUT2D eigenvalue weighted by molar-refractivity contribution is 5.24. The van der Waals surface area contributed by atoms with Crippen LogP contribution in [0.3, 0.4) is 0 Å². The number of methoxy groups -OCH3 is 1. The number of hydrogen-bond acceptors (Lipinski definition) is 4. The fourth-order valence-corrected chi connectivity index (χ4v) is 2.98. The number of aliphatic hydroxyl groups excluding tert-OH is 1. The average molecular weight is 320 g/mol. The molecule has 23 heavy (non-hydrogen) atoms. The normalized spacial score (nSPS) is 21.6. The van der Waals surface area contributed by atoms with E-state index in [2.05, 4.69) is 4.98 Å². The Labute approximate surface area is 133 Å². The van der Waals surface area contributed by atoms with Crippen LogP contribution >= 0.6 is 0 Å². The molecule has 0 aliphatic carbocycles. The van der Waals surface area contributed by atoms with Gasteiger partial charge in [-0.05, 0) is 29.7 Å². The molecule has 1 aromatic heterocycles. The average Bonchev–Trinajstić information content (AvgIpc) is 2.91. The molecule has 0 bridgehead atoms. The Balaban J connectivity index is 1.79. The minimum atomic E-state index is -0.866. The van der Waals surface area contributed by atoms with E-state index in [9.17, 15) is 13.9 Å². The van der Waals surface area contributed by atoms with Gasteiger partial charge in [-0.2, -0.15) is 0 Å². The molecule has 1 N–H and O–H groups in total. The second-order valence-electron chi connectivity index (χ2n) is 5.72. The Morgan fingerprint density at radius 2 is 2.09 bits per heavy atom. The van der Waals surface area contributed by atoms with Gasteiger partial charge in [0.15, 0.2) is 11.6 Å². The van der Waals surface area contributed by atoms with Crippen molar-refractivity contribution >= 4 is 0 Å². The minimum Gasteiger partial charge on any atom is -0.481 e. The number of pyridine rings is 1. The number of nitrogens with zero attached hydrogens (tertiary/aromatic N) is 2. The first kappa shape index (κ1) is 15.8. The van der Waals surface area contributed by atoms with Gasteiger partial charge in [-0.15, -0.1) is 0 Å². The fourth-order valence-electron chi connectivity index (χ4n) is 2.98. The molecule has 3 rings (SSSR count). The van der Waals surface area contributed by atoms with E-state index in [1.165, 1.54) is 6.07 Å². The Morgan fingerprint density at radius 3 is 2.74 bits per heavy atom. The maximum atomic E-state index is 13.5. The lowest BCUT2D eigenvalue weighted by Crippen LogP contribution is -2.24. The highest BCUT2D eigenvalue weighted by Crippen LogP contribution is 2.34. The van der Waals surface area contributed by atoms with Crippen LogP contribution in [0.15, 0.2) is 36.5 Å². The van der Waals surface area contributed by atoms with Crippen LogP contribution in [-0.2, 0) is 6.54 Å². The molecule has 0 radical (unpaired) electrons. The van der Waals surface area contributed by atoms with E-state index in [-0.39, 0.29) is 6.04 Å². The number of likely N-dealkylation sites (tertiary alicyclic amines) is 1. The van der Waals surface area contributed by atoms with Crippen molar-refractivity contribution in [2.75, 3.05) is 13.7 Å². The summed E-state index contributed by atoms with van der Waals surface area (Å²) in [5.74, 6) is -1.19. The molecule has 6 heteroatoms. The Morgan fingerprint density at radius 1 is 1.26 bits per heavy atom. The molecule has 1 aliphatic heterocycles. The zero-order valence-electron chi connectivity index (χ0n) is 12.7. The van der Waals surface area contributed by atoms with Gasteiger partial charge in [0, 0.05) is 31.4 Å². The van der Waals surface area contributed by atoms with Crippen LogP contribution in [0.25, 0.3) is 0 Å². The van der Waals surface area contributed by atoms with Crippen LogP contribution in [0.5, 0.6) is 5.88 Å². The maximum absolute atomic E-state index is 13.5. The Hall–Kier alpha value is -2.05. The summed E-state index contributed by atoms with van der Waals surface area (Å²) in [7, 11) is 1.55. The molecule has 2 unspecified atom stereocenters. The molecular weight excluding hydrogens is 302 g/mol. The summed E-state index contributed by atoms with van der Waals surface area (Å²) < 4.78 is 31.6. The number of rotatable bonds is 4. The highest BCUT2D eigenvalue weighted by Gasteiger charge is 2.32. The first-order chi connectivity index (χ1) is 11.1. The van der Waals surface area contributed by atoms with Gasteiger partial charge in [0.25, 0.3) is 0 Å². The standard InChI is InChI=1S/C17H18F2N2O2/c1-23-17-5-2-11(8-20-17)9-21-10-13(22)7-16(21)12-3-4-14(18)15(19)6-12/h2-6,8,13,16,22H,7,9-10H2,1H3. The van der Waals surface area contributed by atoms with Crippen molar-refractivity contribution in [3.05, 3.63) is 59.3 Å². The highest BCUT2D eigenvalue weighted by atomic mass is 19.2. The molecule has 2 aromatic rings. The lowest BCUT2D eigenvalue weighted by Gasteiger charge is -2.24. The largest absolute Gasteiger partial charge is 0.481 e. The van der Waals surface area contributed by atoms with Crippen molar-refractivity contribution in [1.29, 1.82) is 0 Å². The third kappa shape index (κ3) is 3.48. The Bertz CT molecular complexity index is 679. The van der Waals surface area contributed by atoms with Crippen molar-refractivity contribution in [2.24, 2.45) is 0 Å². The van der Waals surface area contributed by atoms with E-state index in [1.807, 2.05) is 11.0 Å². The molecule has 0 saturated carbocycles. The van der Waals surface area contributed by atoms with Gasteiger partial charge < -0.3 is 9.84 Å². The zero-order chi connectivity index (χ0) is 16.4. The van der Waals surface area contributed by atoms with E-state index >= 15 is 0 Å². The molecule has 1 aliphatic rings. The van der Waals surface area contributed by atoms with Gasteiger partial charge >= 0.3 is 0 Å². The second kappa shape index (κ2) is 6.60. The summed E-state index contributed by atoms with van der Waals surface area (Å²) in [5.41, 5.74) is 1.63. The predicted molar refractivity (Wildman–Crippen MR) is 80.9 cm³/mol. The monoisotopic (exact) mass is 320 g/mol. The lowest BCUT2D eigenvalue weighted by molar-refractivity contribution is 0.172. The van der Waals surface area contributed by atoms with Crippen molar-refractivity contribution in [1.82, 2.24) is 9.88 Å². The molecule has 0 spiro atoms. The van der Waals surface area contributed by atoms with Crippen molar-refractivity contribution in [3.63, 3.8) is 0 Å². The summed E-state index contributed by atoms with van der Waals surface area (Å²) in [6.07, 6.45) is 1.72. The zero-order valence-corrected chi connectivity index (χ0v) is 12.7. The number of aromatic nitrogens is 1. The van der Waals surface area contributed by atoms with Crippen LogP contribution in [0, 0.1) is 11.6 Å². The molecule has 4 nitrogen and oxygen atoms in total. The van der Waals surface area contributed by atoms with Crippen molar-refractivity contribution in [3.8, 4) is 5.88 Å². The molecule has 2 heterocycles. The van der Waals surface area contributed by atoms with Crippen molar-refractivity contribution < 1.29 is 18.6 Å². The number of halogens is 2. The summed E-state index contributed by atoms with van der Waals surface area (Å²) >= 11 is 0. The topological polar surface area (TPSA) is 45.6 Å². The predicted octanol–water partition coefficient (Wildman–Crippen LogP) is 2.68. The minimum absolute atomic E-state index is 0.151. The summed E-state index contributed by atoms with van der Waals surface area (Å²) in [5, 5.41) is 9.97. The van der Waals surface area contributed by atoms with Crippen LogP contribution in [0.1, 0.15) is 23.6 Å². The number of aliphatic hydroxyl groups is 1. The van der Waals surface area contributed by atoms with Crippen LogP contribution in [0.2, 0.25) is 0 Å². The Kier molecular flexibility index (Phi) is 4.54. The molecule has 0 amide bonds. The van der Waals surface area contributed by atoms with E-state index < -0.39 is 17.7 Å². The van der Waals surface area contributed by atoms with Gasteiger partial charge in [0.1, 0.15) is 0 Å². The molecule has 1 fully saturated rings. The van der Waals surface area contributed by atoms with Crippen molar-refractivity contribution in [2.45, 2.75) is 25.1 Å². The third-order valence-corrected chi connectivity index (χ3v) is 4.10. The number of benzene rings is 1. The second-order valence-corrected chi connectivity index (χ2v) is 5.72. The van der Waals surface area contributed by atoms with Gasteiger partial charge in [-0.3, -0.25) is 4.90 Å². The number of hydrogen-bond donors (Lipinski definition) is 1. The molecule has 2 atom stereocenters. The SMILES string of the molecule is COc1ccc(CN2CC(O)CC2c2ccc(F)c(F)c2)cn1. The quantitative estimate of drug-likeness (QED) is 0.941. The summed E-state index contributed by atoms with van der Waals surface area (Å²) in [6.45, 7) is 1.05. The van der Waals surface area contributed by atoms with E-state index in [4.69, 9.17) is 4.74 Å². The van der Waals surface area contributed by atoms with Gasteiger partial charge in [-0.1, -0.05) is 12.1 Å². The number of ether oxygens (including phenoxy) is 1. The third-order valence-electron chi connectivity index (χ3n) is 4.10. The smallest absolute Gasteiger partial charge is 0.212 e. The van der Waals surface area contributed by atoms with E-state index in [0.717, 1.165) is 11.6 Å². The van der Waals surface area contributed by atoms with E-state index in [0.29, 0.717) is 31.0 Å². The maximum Gasteiger partial charge on any atom is 0.212 e. The molecule has 1 saturated heterocycles. The van der Waals surface area contributed by atoms with Crippen LogP contribution in [0.4, 0.5) is 8.78 Å². The van der Waals surface area contributed by atoms with Crippen LogP contribution in [-0.4, -0.2) is 34.7 Å². The lowest BCUT2D eigenvalue weighted by atomic mass is 10.0. The molecule has 122 valence electrons. The first-order valence-corrected chi connectivity index (χ1v) is 7.43. The molecule has 1 aromatic carbocycles.